The molecule has 7 heteroatoms. The molecule has 0 aliphatic rings. The zero-order valence-corrected chi connectivity index (χ0v) is 18.6. The number of rotatable bonds is 8. The van der Waals surface area contributed by atoms with E-state index in [1.807, 2.05) is 26.8 Å². The van der Waals surface area contributed by atoms with Crippen LogP contribution in [-0.4, -0.2) is 44.3 Å². The molecular weight excluding hydrogens is 443 g/mol. The van der Waals surface area contributed by atoms with Gasteiger partial charge < -0.3 is 20.7 Å². The molecule has 0 unspecified atom stereocenters. The molecule has 0 spiro atoms. The monoisotopic (exact) mass is 476 g/mol. The van der Waals surface area contributed by atoms with Crippen LogP contribution in [0.4, 0.5) is 4.79 Å². The third kappa shape index (κ3) is 12.8. The molecule has 0 atom stereocenters. The molecule has 0 aliphatic heterocycles. The molecule has 1 amide bonds. The SMILES string of the molecule is CN=C(NCCCNC(=O)OC(C)(C)C)NCCCc1ccccc1.I. The Morgan fingerprint density at radius 2 is 1.58 bits per heavy atom. The predicted molar refractivity (Wildman–Crippen MR) is 118 cm³/mol. The summed E-state index contributed by atoms with van der Waals surface area (Å²) in [6.45, 7) is 7.70. The molecule has 0 aromatic heterocycles. The number of amides is 1. The van der Waals surface area contributed by atoms with Crippen molar-refractivity contribution >= 4 is 36.0 Å². The Morgan fingerprint density at radius 1 is 1.00 bits per heavy atom. The second kappa shape index (κ2) is 13.7. The number of nitrogens with one attached hydrogen (secondary N) is 3. The van der Waals surface area contributed by atoms with E-state index in [9.17, 15) is 4.79 Å². The molecule has 6 nitrogen and oxygen atoms in total. The van der Waals surface area contributed by atoms with Gasteiger partial charge in [-0.2, -0.15) is 0 Å². The summed E-state index contributed by atoms with van der Waals surface area (Å²) in [6.07, 6.45) is 2.51. The average molecular weight is 476 g/mol. The molecule has 0 saturated heterocycles. The number of aliphatic imine (C=N–C) groups is 1. The summed E-state index contributed by atoms with van der Waals surface area (Å²) in [5.74, 6) is 0.783. The topological polar surface area (TPSA) is 74.8 Å². The Hall–Kier alpha value is -1.51. The number of guanidine groups is 1. The molecule has 1 rings (SSSR count). The van der Waals surface area contributed by atoms with Crippen molar-refractivity contribution in [3.05, 3.63) is 35.9 Å². The second-order valence-electron chi connectivity index (χ2n) is 6.80. The summed E-state index contributed by atoms with van der Waals surface area (Å²) in [5.41, 5.74) is 0.883. The lowest BCUT2D eigenvalue weighted by Crippen LogP contribution is -2.39. The zero-order chi connectivity index (χ0) is 18.5. The Morgan fingerprint density at radius 3 is 2.15 bits per heavy atom. The quantitative estimate of drug-likeness (QED) is 0.233. The number of carbonyl (C=O) groups excluding carboxylic acids is 1. The third-order valence-electron chi connectivity index (χ3n) is 3.32. The van der Waals surface area contributed by atoms with Crippen LogP contribution in [-0.2, 0) is 11.2 Å². The smallest absolute Gasteiger partial charge is 0.407 e. The highest BCUT2D eigenvalue weighted by molar-refractivity contribution is 14.0. The average Bonchev–Trinajstić information content (AvgIpc) is 2.55. The van der Waals surface area contributed by atoms with E-state index in [4.69, 9.17) is 4.74 Å². The van der Waals surface area contributed by atoms with Crippen LogP contribution in [0.2, 0.25) is 0 Å². The molecule has 1 aromatic rings. The van der Waals surface area contributed by atoms with Gasteiger partial charge in [0.25, 0.3) is 0 Å². The number of hydrogen-bond acceptors (Lipinski definition) is 3. The number of halogens is 1. The number of nitrogens with zero attached hydrogens (tertiary/aromatic N) is 1. The first-order valence-corrected chi connectivity index (χ1v) is 8.86. The molecule has 0 heterocycles. The standard InChI is InChI=1S/C19H32N4O2.HI/c1-19(2,3)25-18(24)23-15-9-14-22-17(20-4)21-13-8-12-16-10-6-5-7-11-16;/h5-7,10-11H,8-9,12-15H2,1-4H3,(H,23,24)(H2,20,21,22);1H. The van der Waals surface area contributed by atoms with Crippen molar-refractivity contribution in [1.29, 1.82) is 0 Å². The number of alkyl carbamates (subject to hydrolysis) is 1. The van der Waals surface area contributed by atoms with Crippen molar-refractivity contribution < 1.29 is 9.53 Å². The normalized spacial score (nSPS) is 11.3. The highest BCUT2D eigenvalue weighted by Gasteiger charge is 2.15. The fourth-order valence-electron chi connectivity index (χ4n) is 2.16. The van der Waals surface area contributed by atoms with E-state index in [2.05, 4.69) is 45.2 Å². The van der Waals surface area contributed by atoms with Gasteiger partial charge >= 0.3 is 6.09 Å². The molecule has 0 aliphatic carbocycles. The Labute approximate surface area is 174 Å². The first-order chi connectivity index (χ1) is 11.9. The molecule has 3 N–H and O–H groups in total. The summed E-state index contributed by atoms with van der Waals surface area (Å²) in [4.78, 5) is 15.7. The van der Waals surface area contributed by atoms with Crippen molar-refractivity contribution in [1.82, 2.24) is 16.0 Å². The molecule has 1 aromatic carbocycles. The molecule has 0 bridgehead atoms. The van der Waals surface area contributed by atoms with E-state index in [1.165, 1.54) is 5.56 Å². The predicted octanol–water partition coefficient (Wildman–Crippen LogP) is 3.32. The fraction of sp³-hybridized carbons (Fsp3) is 0.579. The number of benzene rings is 1. The van der Waals surface area contributed by atoms with Gasteiger partial charge in [-0.1, -0.05) is 30.3 Å². The summed E-state index contributed by atoms with van der Waals surface area (Å²) >= 11 is 0. The molecular formula is C19H33IN4O2. The van der Waals surface area contributed by atoms with Crippen LogP contribution in [0.3, 0.4) is 0 Å². The van der Waals surface area contributed by atoms with Gasteiger partial charge in [0.1, 0.15) is 5.60 Å². The van der Waals surface area contributed by atoms with Gasteiger partial charge in [-0.25, -0.2) is 4.79 Å². The number of hydrogen-bond donors (Lipinski definition) is 3. The van der Waals surface area contributed by atoms with E-state index in [0.717, 1.165) is 38.3 Å². The van der Waals surface area contributed by atoms with Crippen LogP contribution in [0.25, 0.3) is 0 Å². The van der Waals surface area contributed by atoms with E-state index in [0.29, 0.717) is 6.54 Å². The minimum absolute atomic E-state index is 0. The van der Waals surface area contributed by atoms with Crippen molar-refractivity contribution in [2.24, 2.45) is 4.99 Å². The molecule has 26 heavy (non-hydrogen) atoms. The van der Waals surface area contributed by atoms with Crippen molar-refractivity contribution in [3.63, 3.8) is 0 Å². The van der Waals surface area contributed by atoms with Crippen LogP contribution in [0.5, 0.6) is 0 Å². The van der Waals surface area contributed by atoms with E-state index < -0.39 is 5.60 Å². The van der Waals surface area contributed by atoms with Gasteiger partial charge in [-0.05, 0) is 45.6 Å². The lowest BCUT2D eigenvalue weighted by molar-refractivity contribution is 0.0527. The van der Waals surface area contributed by atoms with Gasteiger partial charge in [-0.3, -0.25) is 4.99 Å². The number of carbonyl (C=O) groups is 1. The van der Waals surface area contributed by atoms with Gasteiger partial charge in [0.05, 0.1) is 0 Å². The van der Waals surface area contributed by atoms with Crippen LogP contribution in [0.1, 0.15) is 39.2 Å². The highest BCUT2D eigenvalue weighted by Crippen LogP contribution is 2.06. The van der Waals surface area contributed by atoms with E-state index in [-0.39, 0.29) is 30.1 Å². The maximum Gasteiger partial charge on any atom is 0.407 e. The molecule has 0 fully saturated rings. The first kappa shape index (κ1) is 24.5. The zero-order valence-electron chi connectivity index (χ0n) is 16.3. The largest absolute Gasteiger partial charge is 0.444 e. The second-order valence-corrected chi connectivity index (χ2v) is 6.80. The number of ether oxygens (including phenoxy) is 1. The highest BCUT2D eigenvalue weighted by atomic mass is 127. The van der Waals surface area contributed by atoms with Gasteiger partial charge in [0.2, 0.25) is 0 Å². The maximum absolute atomic E-state index is 11.5. The van der Waals surface area contributed by atoms with Crippen LogP contribution in [0.15, 0.2) is 35.3 Å². The third-order valence-corrected chi connectivity index (χ3v) is 3.32. The molecule has 0 saturated carbocycles. The molecule has 148 valence electrons. The Kier molecular flexibility index (Phi) is 12.9. The summed E-state index contributed by atoms with van der Waals surface area (Å²) < 4.78 is 5.18. The van der Waals surface area contributed by atoms with Gasteiger partial charge in [-0.15, -0.1) is 24.0 Å². The van der Waals surface area contributed by atoms with Gasteiger partial charge in [0, 0.05) is 26.7 Å². The van der Waals surface area contributed by atoms with Gasteiger partial charge in [0.15, 0.2) is 5.96 Å². The van der Waals surface area contributed by atoms with Crippen molar-refractivity contribution in [3.8, 4) is 0 Å². The lowest BCUT2D eigenvalue weighted by atomic mass is 10.1. The van der Waals surface area contributed by atoms with E-state index >= 15 is 0 Å². The Bertz CT molecular complexity index is 530. The first-order valence-electron chi connectivity index (χ1n) is 8.86. The lowest BCUT2D eigenvalue weighted by Gasteiger charge is -2.19. The number of aryl methyl sites for hydroxylation is 1. The summed E-state index contributed by atoms with van der Waals surface area (Å²) in [7, 11) is 1.76. The fourth-order valence-corrected chi connectivity index (χ4v) is 2.16. The Balaban J connectivity index is 0.00000625. The summed E-state index contributed by atoms with van der Waals surface area (Å²) in [6, 6.07) is 10.4. The molecule has 0 radical (unpaired) electrons. The maximum atomic E-state index is 11.5. The minimum atomic E-state index is -0.464. The van der Waals surface area contributed by atoms with Crippen molar-refractivity contribution in [2.45, 2.75) is 45.6 Å². The van der Waals surface area contributed by atoms with Crippen LogP contribution in [0, 0.1) is 0 Å². The van der Waals surface area contributed by atoms with Crippen LogP contribution >= 0.6 is 24.0 Å². The van der Waals surface area contributed by atoms with E-state index in [1.54, 1.807) is 7.05 Å². The minimum Gasteiger partial charge on any atom is -0.444 e. The van der Waals surface area contributed by atoms with Crippen molar-refractivity contribution in [2.75, 3.05) is 26.7 Å². The van der Waals surface area contributed by atoms with Crippen LogP contribution < -0.4 is 16.0 Å². The summed E-state index contributed by atoms with van der Waals surface area (Å²) in [5, 5.41) is 9.27.